The van der Waals surface area contributed by atoms with Crippen LogP contribution < -0.4 is 10.6 Å². The highest BCUT2D eigenvalue weighted by atomic mass is 32.1. The van der Waals surface area contributed by atoms with Crippen molar-refractivity contribution in [2.45, 2.75) is 39.0 Å². The van der Waals surface area contributed by atoms with E-state index in [1.165, 1.54) is 32.1 Å². The molecule has 5 heteroatoms. The second-order valence-electron chi connectivity index (χ2n) is 6.21. The Hall–Kier alpha value is -1.88. The van der Waals surface area contributed by atoms with Crippen molar-refractivity contribution >= 4 is 23.1 Å². The number of thiazole rings is 1. The molecule has 2 N–H and O–H groups in total. The van der Waals surface area contributed by atoms with Gasteiger partial charge in [0.05, 0.1) is 0 Å². The first-order valence-corrected chi connectivity index (χ1v) is 9.16. The minimum absolute atomic E-state index is 0.122. The zero-order valence-electron chi connectivity index (χ0n) is 13.5. The van der Waals surface area contributed by atoms with Crippen molar-refractivity contribution in [3.8, 4) is 10.6 Å². The van der Waals surface area contributed by atoms with E-state index in [2.05, 4.69) is 15.6 Å². The largest absolute Gasteiger partial charge is 0.338 e. The maximum atomic E-state index is 12.1. The maximum Gasteiger partial charge on any atom is 0.319 e. The van der Waals surface area contributed by atoms with Gasteiger partial charge in [0.1, 0.15) is 5.01 Å². The molecule has 1 aliphatic carbocycles. The van der Waals surface area contributed by atoms with Crippen molar-refractivity contribution in [3.05, 3.63) is 35.3 Å². The van der Waals surface area contributed by atoms with Crippen LogP contribution in [-0.4, -0.2) is 17.6 Å². The Morgan fingerprint density at radius 1 is 1.30 bits per heavy atom. The van der Waals surface area contributed by atoms with Gasteiger partial charge in [0.2, 0.25) is 0 Å². The third-order valence-corrected chi connectivity index (χ3v) is 5.27. The van der Waals surface area contributed by atoms with Gasteiger partial charge in [0, 0.05) is 28.9 Å². The van der Waals surface area contributed by atoms with E-state index in [1.807, 2.05) is 36.6 Å². The molecule has 1 fully saturated rings. The van der Waals surface area contributed by atoms with Gasteiger partial charge in [0.25, 0.3) is 0 Å². The van der Waals surface area contributed by atoms with Crippen LogP contribution in [0.25, 0.3) is 10.6 Å². The van der Waals surface area contributed by atoms with Crippen molar-refractivity contribution < 1.29 is 4.79 Å². The Kier molecular flexibility index (Phi) is 5.28. The van der Waals surface area contributed by atoms with Gasteiger partial charge < -0.3 is 10.6 Å². The summed E-state index contributed by atoms with van der Waals surface area (Å²) in [6.07, 6.45) is 6.40. The number of rotatable bonds is 4. The Balaban J connectivity index is 1.56. The number of amides is 2. The van der Waals surface area contributed by atoms with Crippen LogP contribution >= 0.6 is 11.3 Å². The number of anilines is 1. The van der Waals surface area contributed by atoms with Crippen LogP contribution in [0.1, 0.15) is 37.8 Å². The normalized spacial score (nSPS) is 15.3. The topological polar surface area (TPSA) is 54.0 Å². The number of benzene rings is 1. The quantitative estimate of drug-likeness (QED) is 0.845. The average molecular weight is 329 g/mol. The first-order valence-electron chi connectivity index (χ1n) is 8.28. The summed E-state index contributed by atoms with van der Waals surface area (Å²) in [6.45, 7) is 2.76. The maximum absolute atomic E-state index is 12.1. The Morgan fingerprint density at radius 2 is 2.13 bits per heavy atom. The molecule has 3 rings (SSSR count). The van der Waals surface area contributed by atoms with E-state index in [-0.39, 0.29) is 6.03 Å². The zero-order chi connectivity index (χ0) is 16.1. The van der Waals surface area contributed by atoms with Crippen LogP contribution in [0.15, 0.2) is 29.6 Å². The van der Waals surface area contributed by atoms with Crippen molar-refractivity contribution in [1.29, 1.82) is 0 Å². The number of nitrogens with one attached hydrogen (secondary N) is 2. The van der Waals surface area contributed by atoms with Crippen LogP contribution in [0.4, 0.5) is 10.5 Å². The van der Waals surface area contributed by atoms with Gasteiger partial charge in [-0.3, -0.25) is 0 Å². The molecule has 0 atom stereocenters. The summed E-state index contributed by atoms with van der Waals surface area (Å²) in [6, 6.07) is 7.72. The summed E-state index contributed by atoms with van der Waals surface area (Å²) in [5.41, 5.74) is 2.86. The summed E-state index contributed by atoms with van der Waals surface area (Å²) in [5, 5.41) is 8.94. The summed E-state index contributed by atoms with van der Waals surface area (Å²) in [4.78, 5) is 16.6. The molecule has 1 aromatic carbocycles. The average Bonchev–Trinajstić information content (AvgIpc) is 3.01. The van der Waals surface area contributed by atoms with E-state index in [9.17, 15) is 4.79 Å². The number of urea groups is 1. The van der Waals surface area contributed by atoms with Crippen LogP contribution in [-0.2, 0) is 0 Å². The second kappa shape index (κ2) is 7.59. The molecular weight excluding hydrogens is 306 g/mol. The van der Waals surface area contributed by atoms with E-state index in [4.69, 9.17) is 0 Å². The van der Waals surface area contributed by atoms with E-state index in [0.29, 0.717) is 5.92 Å². The van der Waals surface area contributed by atoms with E-state index in [0.717, 1.165) is 28.5 Å². The predicted molar refractivity (Wildman–Crippen MR) is 95.9 cm³/mol. The third kappa shape index (κ3) is 4.55. The fourth-order valence-electron chi connectivity index (χ4n) is 3.02. The number of aromatic nitrogens is 1. The van der Waals surface area contributed by atoms with E-state index >= 15 is 0 Å². The monoisotopic (exact) mass is 329 g/mol. The predicted octanol–water partition coefficient (Wildman–Crippen LogP) is 4.82. The minimum Gasteiger partial charge on any atom is -0.338 e. The molecule has 1 aliphatic rings. The number of carbonyl (C=O) groups is 1. The summed E-state index contributed by atoms with van der Waals surface area (Å²) in [7, 11) is 0. The van der Waals surface area contributed by atoms with Crippen molar-refractivity contribution in [3.63, 3.8) is 0 Å². The smallest absolute Gasteiger partial charge is 0.319 e. The van der Waals surface area contributed by atoms with Gasteiger partial charge >= 0.3 is 6.03 Å². The number of nitrogens with zero attached hydrogens (tertiary/aromatic N) is 1. The lowest BCUT2D eigenvalue weighted by molar-refractivity contribution is 0.247. The first-order chi connectivity index (χ1) is 11.2. The fourth-order valence-corrected chi connectivity index (χ4v) is 3.81. The Labute approximate surface area is 141 Å². The molecule has 1 saturated carbocycles. The number of hydrogen-bond donors (Lipinski definition) is 2. The molecule has 23 heavy (non-hydrogen) atoms. The Morgan fingerprint density at radius 3 is 2.87 bits per heavy atom. The van der Waals surface area contributed by atoms with E-state index in [1.54, 1.807) is 11.3 Å². The second-order valence-corrected chi connectivity index (χ2v) is 7.07. The highest BCUT2D eigenvalue weighted by Crippen LogP contribution is 2.26. The van der Waals surface area contributed by atoms with Crippen molar-refractivity contribution in [2.75, 3.05) is 11.9 Å². The molecule has 0 bridgehead atoms. The van der Waals surface area contributed by atoms with Gasteiger partial charge in [0.15, 0.2) is 0 Å². The van der Waals surface area contributed by atoms with Crippen LogP contribution in [0.2, 0.25) is 0 Å². The van der Waals surface area contributed by atoms with Gasteiger partial charge in [-0.1, -0.05) is 31.4 Å². The fraction of sp³-hybridized carbons (Fsp3) is 0.444. The molecule has 0 radical (unpaired) electrons. The molecular formula is C18H23N3OS. The van der Waals surface area contributed by atoms with Gasteiger partial charge in [-0.25, -0.2) is 9.78 Å². The lowest BCUT2D eigenvalue weighted by atomic mass is 9.89. The molecule has 1 aromatic heterocycles. The highest BCUT2D eigenvalue weighted by molar-refractivity contribution is 7.13. The molecule has 2 amide bonds. The van der Waals surface area contributed by atoms with Crippen molar-refractivity contribution in [2.24, 2.45) is 5.92 Å². The lowest BCUT2D eigenvalue weighted by Gasteiger charge is -2.21. The van der Waals surface area contributed by atoms with Crippen LogP contribution in [0.3, 0.4) is 0 Å². The van der Waals surface area contributed by atoms with Crippen LogP contribution in [0.5, 0.6) is 0 Å². The molecule has 1 heterocycles. The highest BCUT2D eigenvalue weighted by Gasteiger charge is 2.14. The summed E-state index contributed by atoms with van der Waals surface area (Å²) >= 11 is 1.62. The molecule has 0 spiro atoms. The standard InChI is InChI=1S/C18H23N3OS/c1-13-12-23-17(20-13)15-8-5-9-16(10-15)21-18(22)19-11-14-6-3-2-4-7-14/h5,8-10,12,14H,2-4,6-7,11H2,1H3,(H2,19,21,22). The first kappa shape index (κ1) is 16.0. The number of aryl methyl sites for hydroxylation is 1. The van der Waals surface area contributed by atoms with Crippen molar-refractivity contribution in [1.82, 2.24) is 10.3 Å². The minimum atomic E-state index is -0.122. The number of carbonyl (C=O) groups excluding carboxylic acids is 1. The SMILES string of the molecule is Cc1csc(-c2cccc(NC(=O)NCC3CCCCC3)c2)n1. The Bertz CT molecular complexity index is 662. The third-order valence-electron chi connectivity index (χ3n) is 4.26. The summed E-state index contributed by atoms with van der Waals surface area (Å²) in [5.74, 6) is 0.638. The molecule has 122 valence electrons. The molecule has 2 aromatic rings. The molecule has 0 aliphatic heterocycles. The molecule has 4 nitrogen and oxygen atoms in total. The molecule has 0 unspecified atom stereocenters. The van der Waals surface area contributed by atoms with Gasteiger partial charge in [-0.2, -0.15) is 0 Å². The van der Waals surface area contributed by atoms with E-state index < -0.39 is 0 Å². The van der Waals surface area contributed by atoms with Crippen LogP contribution in [0, 0.1) is 12.8 Å². The zero-order valence-corrected chi connectivity index (χ0v) is 14.3. The molecule has 0 saturated heterocycles. The number of hydrogen-bond acceptors (Lipinski definition) is 3. The summed E-state index contributed by atoms with van der Waals surface area (Å²) < 4.78 is 0. The lowest BCUT2D eigenvalue weighted by Crippen LogP contribution is -2.33. The van der Waals surface area contributed by atoms with Gasteiger partial charge in [-0.05, 0) is 37.8 Å². The van der Waals surface area contributed by atoms with Gasteiger partial charge in [-0.15, -0.1) is 11.3 Å².